The Morgan fingerprint density at radius 1 is 0.500 bits per heavy atom. The van der Waals surface area contributed by atoms with E-state index in [0.717, 1.165) is 64.2 Å². The van der Waals surface area contributed by atoms with Gasteiger partial charge in [0.15, 0.2) is 0 Å². The molecular weight excluding hydrogens is 719 g/mol. The van der Waals surface area contributed by atoms with Crippen molar-refractivity contribution in [1.82, 2.24) is 5.32 Å². The Labute approximate surface area is 361 Å². The molecule has 1 amide bonds. The fourth-order valence-corrected chi connectivity index (χ4v) is 7.87. The molecule has 0 spiro atoms. The van der Waals surface area contributed by atoms with E-state index < -0.39 is 18.2 Å². The zero-order chi connectivity index (χ0) is 42.4. The quantitative estimate of drug-likeness (QED) is 0.0323. The summed E-state index contributed by atoms with van der Waals surface area (Å²) >= 11 is 0. The monoisotopic (exact) mass is 818 g/mol. The highest BCUT2D eigenvalue weighted by molar-refractivity contribution is 5.77. The Balaban J connectivity index is 4.53. The molecule has 342 valence electrons. The number of ether oxygens (including phenoxy) is 1. The predicted octanol–water partition coefficient (Wildman–Crippen LogP) is 15.1. The molecule has 3 unspecified atom stereocenters. The number of esters is 1. The third-order valence-electron chi connectivity index (χ3n) is 11.8. The van der Waals surface area contributed by atoms with Crippen molar-refractivity contribution in [3.05, 3.63) is 24.3 Å². The Bertz CT molecular complexity index is 919. The normalized spacial score (nSPS) is 13.4. The lowest BCUT2D eigenvalue weighted by atomic mass is 10.0. The van der Waals surface area contributed by atoms with Crippen LogP contribution in [0.5, 0.6) is 0 Å². The Kier molecular flexibility index (Phi) is 45.1. The fraction of sp³-hybridized carbons (Fsp3) is 0.885. The van der Waals surface area contributed by atoms with Gasteiger partial charge < -0.3 is 20.3 Å². The van der Waals surface area contributed by atoms with E-state index in [0.29, 0.717) is 19.3 Å². The third kappa shape index (κ3) is 41.1. The molecule has 0 aliphatic rings. The lowest BCUT2D eigenvalue weighted by Crippen LogP contribution is -2.46. The molecule has 0 saturated carbocycles. The maximum absolute atomic E-state index is 13.2. The van der Waals surface area contributed by atoms with E-state index in [1.54, 1.807) is 0 Å². The summed E-state index contributed by atoms with van der Waals surface area (Å²) in [6, 6.07) is -0.696. The lowest BCUT2D eigenvalue weighted by Gasteiger charge is -2.24. The van der Waals surface area contributed by atoms with Crippen LogP contribution < -0.4 is 5.32 Å². The standard InChI is InChI=1S/C52H99NO5/c1-4-7-10-13-16-19-21-23-24-25-26-28-30-33-36-39-42-45-52(57)58-48(43-40-37-34-32-29-27-22-20-17-14-11-8-5-2)46-51(56)53-49(47-54)50(55)44-41-38-35-31-18-15-12-9-6-3/h16,19,23-24,48-50,54-55H,4-15,17-18,20-22,25-47H2,1-3H3,(H,53,56)/b19-16-,24-23-. The van der Waals surface area contributed by atoms with Crippen molar-refractivity contribution in [2.75, 3.05) is 6.61 Å². The van der Waals surface area contributed by atoms with E-state index in [1.165, 1.54) is 161 Å². The maximum Gasteiger partial charge on any atom is 0.306 e. The van der Waals surface area contributed by atoms with Gasteiger partial charge in [0, 0.05) is 6.42 Å². The van der Waals surface area contributed by atoms with Crippen molar-refractivity contribution in [2.45, 2.75) is 289 Å². The number of nitrogens with one attached hydrogen (secondary N) is 1. The molecule has 58 heavy (non-hydrogen) atoms. The van der Waals surface area contributed by atoms with Crippen molar-refractivity contribution in [2.24, 2.45) is 0 Å². The number of hydrogen-bond donors (Lipinski definition) is 3. The van der Waals surface area contributed by atoms with Gasteiger partial charge in [-0.2, -0.15) is 0 Å². The molecule has 0 saturated heterocycles. The van der Waals surface area contributed by atoms with Crippen LogP contribution in [0, 0.1) is 0 Å². The molecule has 0 aromatic heterocycles. The number of carbonyl (C=O) groups excluding carboxylic acids is 2. The molecule has 6 heteroatoms. The molecule has 0 aromatic rings. The van der Waals surface area contributed by atoms with Gasteiger partial charge in [-0.3, -0.25) is 9.59 Å². The number of allylic oxidation sites excluding steroid dienone is 4. The molecule has 0 fully saturated rings. The first-order valence-corrected chi connectivity index (χ1v) is 25.6. The van der Waals surface area contributed by atoms with Crippen LogP contribution in [0.3, 0.4) is 0 Å². The number of unbranched alkanes of at least 4 members (excludes halogenated alkanes) is 30. The molecular formula is C52H99NO5. The van der Waals surface area contributed by atoms with E-state index in [2.05, 4.69) is 50.4 Å². The van der Waals surface area contributed by atoms with Crippen LogP contribution in [-0.2, 0) is 14.3 Å². The lowest BCUT2D eigenvalue weighted by molar-refractivity contribution is -0.151. The van der Waals surface area contributed by atoms with Crippen LogP contribution in [0.4, 0.5) is 0 Å². The zero-order valence-corrected chi connectivity index (χ0v) is 38.9. The Morgan fingerprint density at radius 3 is 1.34 bits per heavy atom. The first-order valence-electron chi connectivity index (χ1n) is 25.6. The van der Waals surface area contributed by atoms with Gasteiger partial charge in [0.05, 0.1) is 25.2 Å². The molecule has 3 N–H and O–H groups in total. The van der Waals surface area contributed by atoms with Crippen LogP contribution in [0.15, 0.2) is 24.3 Å². The summed E-state index contributed by atoms with van der Waals surface area (Å²) in [5, 5.41) is 23.7. The highest BCUT2D eigenvalue weighted by atomic mass is 16.5. The molecule has 0 aromatic carbocycles. The van der Waals surface area contributed by atoms with Gasteiger partial charge in [0.25, 0.3) is 0 Å². The van der Waals surface area contributed by atoms with Gasteiger partial charge in [0.2, 0.25) is 5.91 Å². The predicted molar refractivity (Wildman–Crippen MR) is 250 cm³/mol. The minimum Gasteiger partial charge on any atom is -0.462 e. The summed E-state index contributed by atoms with van der Waals surface area (Å²) in [5.41, 5.74) is 0. The summed E-state index contributed by atoms with van der Waals surface area (Å²) in [5.74, 6) is -0.470. The van der Waals surface area contributed by atoms with Crippen molar-refractivity contribution in [3.63, 3.8) is 0 Å². The molecule has 0 heterocycles. The first kappa shape index (κ1) is 56.3. The van der Waals surface area contributed by atoms with E-state index in [9.17, 15) is 19.8 Å². The number of aliphatic hydroxyl groups excluding tert-OH is 2. The van der Waals surface area contributed by atoms with Gasteiger partial charge in [-0.1, -0.05) is 225 Å². The topological polar surface area (TPSA) is 95.9 Å². The van der Waals surface area contributed by atoms with Crippen LogP contribution in [-0.4, -0.2) is 46.9 Å². The molecule has 0 rings (SSSR count). The zero-order valence-electron chi connectivity index (χ0n) is 38.9. The summed E-state index contributed by atoms with van der Waals surface area (Å²) in [7, 11) is 0. The van der Waals surface area contributed by atoms with Crippen molar-refractivity contribution in [3.8, 4) is 0 Å². The Hall–Kier alpha value is -1.66. The van der Waals surface area contributed by atoms with Crippen LogP contribution in [0.25, 0.3) is 0 Å². The minimum absolute atomic E-state index is 0.0795. The van der Waals surface area contributed by atoms with E-state index in [4.69, 9.17) is 4.74 Å². The second-order valence-electron chi connectivity index (χ2n) is 17.6. The summed E-state index contributed by atoms with van der Waals surface area (Å²) in [6.07, 6.45) is 52.4. The van der Waals surface area contributed by atoms with Gasteiger partial charge in [-0.15, -0.1) is 0 Å². The second kappa shape index (κ2) is 46.4. The largest absolute Gasteiger partial charge is 0.462 e. The smallest absolute Gasteiger partial charge is 0.306 e. The molecule has 0 bridgehead atoms. The summed E-state index contributed by atoms with van der Waals surface area (Å²) in [6.45, 7) is 6.45. The highest BCUT2D eigenvalue weighted by Crippen LogP contribution is 2.18. The number of carbonyl (C=O) groups is 2. The van der Waals surface area contributed by atoms with E-state index >= 15 is 0 Å². The number of amides is 1. The molecule has 6 nitrogen and oxygen atoms in total. The number of hydrogen-bond acceptors (Lipinski definition) is 5. The van der Waals surface area contributed by atoms with Gasteiger partial charge in [0.1, 0.15) is 6.10 Å². The second-order valence-corrected chi connectivity index (χ2v) is 17.6. The van der Waals surface area contributed by atoms with E-state index in [-0.39, 0.29) is 24.9 Å². The van der Waals surface area contributed by atoms with Crippen molar-refractivity contribution in [1.29, 1.82) is 0 Å². The summed E-state index contributed by atoms with van der Waals surface area (Å²) in [4.78, 5) is 26.1. The van der Waals surface area contributed by atoms with E-state index in [1.807, 2.05) is 0 Å². The van der Waals surface area contributed by atoms with Crippen LogP contribution in [0.1, 0.15) is 271 Å². The first-order chi connectivity index (χ1) is 28.5. The van der Waals surface area contributed by atoms with Crippen molar-refractivity contribution < 1.29 is 24.5 Å². The van der Waals surface area contributed by atoms with Gasteiger partial charge in [-0.05, 0) is 57.8 Å². The van der Waals surface area contributed by atoms with Crippen molar-refractivity contribution >= 4 is 11.9 Å². The van der Waals surface area contributed by atoms with Gasteiger partial charge in [-0.25, -0.2) is 0 Å². The van der Waals surface area contributed by atoms with Gasteiger partial charge >= 0.3 is 5.97 Å². The Morgan fingerprint density at radius 2 is 0.879 bits per heavy atom. The average Bonchev–Trinajstić information content (AvgIpc) is 3.22. The molecule has 0 aliphatic heterocycles. The third-order valence-corrected chi connectivity index (χ3v) is 11.8. The maximum atomic E-state index is 13.2. The highest BCUT2D eigenvalue weighted by Gasteiger charge is 2.24. The number of rotatable bonds is 46. The molecule has 0 aliphatic carbocycles. The fourth-order valence-electron chi connectivity index (χ4n) is 7.87. The SMILES string of the molecule is CCCCC/C=C\C/C=C\CCCCCCCCCC(=O)OC(CCCCCCCCCCCCCCC)CC(=O)NC(CO)C(O)CCCCCCCCCCC. The number of aliphatic hydroxyl groups is 2. The molecule has 3 atom stereocenters. The van der Waals surface area contributed by atoms with Crippen LogP contribution >= 0.6 is 0 Å². The molecule has 0 radical (unpaired) electrons. The summed E-state index contributed by atoms with van der Waals surface area (Å²) < 4.78 is 5.93. The minimum atomic E-state index is -0.783. The average molecular weight is 818 g/mol. The van der Waals surface area contributed by atoms with Crippen LogP contribution in [0.2, 0.25) is 0 Å².